The van der Waals surface area contributed by atoms with Crippen molar-refractivity contribution in [2.75, 3.05) is 19.8 Å². The van der Waals surface area contributed by atoms with Crippen molar-refractivity contribution in [1.82, 2.24) is 5.32 Å². The zero-order valence-electron chi connectivity index (χ0n) is 11.3. The summed E-state index contributed by atoms with van der Waals surface area (Å²) in [7, 11) is 0. The van der Waals surface area contributed by atoms with E-state index in [4.69, 9.17) is 9.47 Å². The summed E-state index contributed by atoms with van der Waals surface area (Å²) in [5.41, 5.74) is 0.396. The van der Waals surface area contributed by atoms with Crippen molar-refractivity contribution in [1.29, 1.82) is 0 Å². The topological polar surface area (TPSA) is 64.6 Å². The van der Waals surface area contributed by atoms with Gasteiger partial charge in [0.05, 0.1) is 13.2 Å². The number of esters is 1. The molecule has 0 atom stereocenters. The van der Waals surface area contributed by atoms with Crippen LogP contribution in [-0.2, 0) is 14.3 Å². The van der Waals surface area contributed by atoms with Gasteiger partial charge in [0, 0.05) is 12.1 Å². The molecule has 0 rings (SSSR count). The Bertz CT molecular complexity index is 276. The highest BCUT2D eigenvalue weighted by Crippen LogP contribution is 1.95. The highest BCUT2D eigenvalue weighted by atomic mass is 16.5. The van der Waals surface area contributed by atoms with Gasteiger partial charge in [0.15, 0.2) is 0 Å². The lowest BCUT2D eigenvalue weighted by atomic mass is 10.3. The number of alkyl carbamates (subject to hydrolysis) is 1. The molecule has 104 valence electrons. The molecule has 0 bridgehead atoms. The molecule has 0 aliphatic heterocycles. The van der Waals surface area contributed by atoms with Crippen LogP contribution in [0, 0.1) is 0 Å². The van der Waals surface area contributed by atoms with Crippen LogP contribution in [0.4, 0.5) is 4.79 Å². The van der Waals surface area contributed by atoms with Gasteiger partial charge in [0.2, 0.25) is 0 Å². The first kappa shape index (κ1) is 16.5. The van der Waals surface area contributed by atoms with Crippen LogP contribution in [-0.4, -0.2) is 31.8 Å². The summed E-state index contributed by atoms with van der Waals surface area (Å²) in [5, 5.41) is 2.63. The second kappa shape index (κ2) is 10.6. The average molecular weight is 257 g/mol. The molecule has 0 aliphatic carbocycles. The van der Waals surface area contributed by atoms with E-state index in [0.29, 0.717) is 31.8 Å². The van der Waals surface area contributed by atoms with Crippen LogP contribution in [0.2, 0.25) is 0 Å². The molecule has 1 N–H and O–H groups in total. The maximum Gasteiger partial charge on any atom is 0.407 e. The minimum absolute atomic E-state index is 0.345. The number of carbonyl (C=O) groups is 2. The zero-order valence-corrected chi connectivity index (χ0v) is 11.3. The van der Waals surface area contributed by atoms with E-state index in [9.17, 15) is 9.59 Å². The van der Waals surface area contributed by atoms with Gasteiger partial charge < -0.3 is 14.8 Å². The van der Waals surface area contributed by atoms with Crippen LogP contribution in [0.3, 0.4) is 0 Å². The van der Waals surface area contributed by atoms with Gasteiger partial charge in [0.25, 0.3) is 0 Å². The van der Waals surface area contributed by atoms with E-state index < -0.39 is 0 Å². The van der Waals surface area contributed by atoms with E-state index >= 15 is 0 Å². The van der Waals surface area contributed by atoms with Crippen molar-refractivity contribution in [3.8, 4) is 0 Å². The number of amides is 1. The van der Waals surface area contributed by atoms with Crippen molar-refractivity contribution in [2.45, 2.75) is 39.5 Å². The Balaban J connectivity index is 3.32. The largest absolute Gasteiger partial charge is 0.462 e. The standard InChI is InChI=1S/C13H23NO4/c1-4-5-9-18-13(16)14-8-6-7-10-17-12(15)11(2)3/h2,4-10H2,1,3H3,(H,14,16). The summed E-state index contributed by atoms with van der Waals surface area (Å²) in [6.45, 7) is 8.45. The minimum atomic E-state index is -0.387. The molecule has 1 amide bonds. The third-order valence-corrected chi connectivity index (χ3v) is 2.15. The summed E-state index contributed by atoms with van der Waals surface area (Å²) >= 11 is 0. The van der Waals surface area contributed by atoms with E-state index in [0.717, 1.165) is 19.3 Å². The third kappa shape index (κ3) is 9.69. The average Bonchev–Trinajstić information content (AvgIpc) is 2.33. The second-order valence-electron chi connectivity index (χ2n) is 4.04. The van der Waals surface area contributed by atoms with Crippen LogP contribution in [0.25, 0.3) is 0 Å². The molecule has 0 aromatic heterocycles. The molecule has 0 spiro atoms. The van der Waals surface area contributed by atoms with E-state index in [1.165, 1.54) is 0 Å². The Kier molecular flexibility index (Phi) is 9.73. The molecular formula is C13H23NO4. The van der Waals surface area contributed by atoms with Gasteiger partial charge >= 0.3 is 12.1 Å². The molecule has 5 heteroatoms. The Hall–Kier alpha value is -1.52. The highest BCUT2D eigenvalue weighted by Gasteiger charge is 2.03. The maximum absolute atomic E-state index is 11.1. The number of unbranched alkanes of at least 4 members (excludes halogenated alkanes) is 2. The molecule has 0 saturated carbocycles. The Morgan fingerprint density at radius 2 is 1.78 bits per heavy atom. The van der Waals surface area contributed by atoms with Crippen LogP contribution in [0.5, 0.6) is 0 Å². The lowest BCUT2D eigenvalue weighted by molar-refractivity contribution is -0.139. The van der Waals surface area contributed by atoms with Gasteiger partial charge in [-0.2, -0.15) is 0 Å². The van der Waals surface area contributed by atoms with E-state index in [-0.39, 0.29) is 12.1 Å². The fourth-order valence-corrected chi connectivity index (χ4v) is 1.07. The number of rotatable bonds is 9. The summed E-state index contributed by atoms with van der Waals surface area (Å²) in [5.74, 6) is -0.373. The lowest BCUT2D eigenvalue weighted by Gasteiger charge is -2.07. The van der Waals surface area contributed by atoms with Crippen molar-refractivity contribution >= 4 is 12.1 Å². The van der Waals surface area contributed by atoms with Gasteiger partial charge in [-0.1, -0.05) is 19.9 Å². The molecule has 0 unspecified atom stereocenters. The number of carbonyl (C=O) groups excluding carboxylic acids is 2. The third-order valence-electron chi connectivity index (χ3n) is 2.15. The summed E-state index contributed by atoms with van der Waals surface area (Å²) < 4.78 is 9.82. The fraction of sp³-hybridized carbons (Fsp3) is 0.692. The number of hydrogen-bond acceptors (Lipinski definition) is 4. The molecule has 0 fully saturated rings. The SMILES string of the molecule is C=C(C)C(=O)OCCCCNC(=O)OCCCC. The molecule has 0 radical (unpaired) electrons. The molecule has 0 aromatic carbocycles. The van der Waals surface area contributed by atoms with Crippen molar-refractivity contribution in [3.63, 3.8) is 0 Å². The molecule has 18 heavy (non-hydrogen) atoms. The predicted octanol–water partition coefficient (Wildman–Crippen LogP) is 2.41. The molecule has 5 nitrogen and oxygen atoms in total. The second-order valence-corrected chi connectivity index (χ2v) is 4.04. The molecular weight excluding hydrogens is 234 g/mol. The molecule has 0 saturated heterocycles. The van der Waals surface area contributed by atoms with Gasteiger partial charge in [-0.15, -0.1) is 0 Å². The van der Waals surface area contributed by atoms with Crippen molar-refractivity contribution in [2.24, 2.45) is 0 Å². The Labute approximate surface area is 109 Å². The highest BCUT2D eigenvalue weighted by molar-refractivity contribution is 5.86. The molecule has 0 aromatic rings. The summed E-state index contributed by atoms with van der Waals surface area (Å²) in [4.78, 5) is 22.1. The van der Waals surface area contributed by atoms with Crippen LogP contribution in [0.1, 0.15) is 39.5 Å². The fourth-order valence-electron chi connectivity index (χ4n) is 1.07. The lowest BCUT2D eigenvalue weighted by Crippen LogP contribution is -2.25. The van der Waals surface area contributed by atoms with Crippen LogP contribution < -0.4 is 5.32 Å². The zero-order chi connectivity index (χ0) is 13.8. The monoisotopic (exact) mass is 257 g/mol. The normalized spacial score (nSPS) is 9.67. The van der Waals surface area contributed by atoms with Gasteiger partial charge in [-0.25, -0.2) is 9.59 Å². The Morgan fingerprint density at radius 3 is 2.39 bits per heavy atom. The van der Waals surface area contributed by atoms with Crippen molar-refractivity contribution < 1.29 is 19.1 Å². The first-order valence-electron chi connectivity index (χ1n) is 6.31. The van der Waals surface area contributed by atoms with Crippen molar-refractivity contribution in [3.05, 3.63) is 12.2 Å². The minimum Gasteiger partial charge on any atom is -0.462 e. The first-order chi connectivity index (χ1) is 8.57. The summed E-state index contributed by atoms with van der Waals surface area (Å²) in [6, 6.07) is 0. The summed E-state index contributed by atoms with van der Waals surface area (Å²) in [6.07, 6.45) is 2.94. The van der Waals surface area contributed by atoms with Crippen LogP contribution in [0.15, 0.2) is 12.2 Å². The van der Waals surface area contributed by atoms with Gasteiger partial charge in [0.1, 0.15) is 0 Å². The maximum atomic E-state index is 11.1. The van der Waals surface area contributed by atoms with Gasteiger partial charge in [-0.3, -0.25) is 0 Å². The molecule has 0 aliphatic rings. The van der Waals surface area contributed by atoms with E-state index in [2.05, 4.69) is 11.9 Å². The van der Waals surface area contributed by atoms with Crippen LogP contribution >= 0.6 is 0 Å². The first-order valence-corrected chi connectivity index (χ1v) is 6.31. The Morgan fingerprint density at radius 1 is 1.11 bits per heavy atom. The smallest absolute Gasteiger partial charge is 0.407 e. The van der Waals surface area contributed by atoms with Gasteiger partial charge in [-0.05, 0) is 26.2 Å². The molecule has 0 heterocycles. The quantitative estimate of drug-likeness (QED) is 0.391. The number of ether oxygens (including phenoxy) is 2. The van der Waals surface area contributed by atoms with E-state index in [1.807, 2.05) is 6.92 Å². The number of nitrogens with one attached hydrogen (secondary N) is 1. The van der Waals surface area contributed by atoms with E-state index in [1.54, 1.807) is 6.92 Å². The number of hydrogen-bond donors (Lipinski definition) is 1. The predicted molar refractivity (Wildman–Crippen MR) is 69.3 cm³/mol.